The zero-order valence-corrected chi connectivity index (χ0v) is 15.2. The molecule has 0 bridgehead atoms. The van der Waals surface area contributed by atoms with E-state index in [2.05, 4.69) is 9.88 Å². The lowest BCUT2D eigenvalue weighted by molar-refractivity contribution is -0.146. The summed E-state index contributed by atoms with van der Waals surface area (Å²) >= 11 is 0. The van der Waals surface area contributed by atoms with Crippen molar-refractivity contribution in [2.24, 2.45) is 5.41 Å². The highest BCUT2D eigenvalue weighted by atomic mass is 16.3. The van der Waals surface area contributed by atoms with Crippen LogP contribution >= 0.6 is 0 Å². The van der Waals surface area contributed by atoms with Crippen LogP contribution in [0.25, 0.3) is 5.65 Å². The van der Waals surface area contributed by atoms with Gasteiger partial charge in [0.25, 0.3) is 5.56 Å². The molecule has 2 fully saturated rings. The first-order valence-electron chi connectivity index (χ1n) is 9.35. The van der Waals surface area contributed by atoms with Gasteiger partial charge < -0.3 is 15.1 Å². The molecule has 2 aliphatic heterocycles. The van der Waals surface area contributed by atoms with Crippen molar-refractivity contribution < 1.29 is 15.0 Å². The molecular weight excluding hydrogens is 348 g/mol. The summed E-state index contributed by atoms with van der Waals surface area (Å²) in [6.45, 7) is 2.96. The third kappa shape index (κ3) is 3.19. The first kappa shape index (κ1) is 17.9. The molecule has 144 valence electrons. The number of aliphatic hydroxyl groups excluding tert-OH is 1. The zero-order chi connectivity index (χ0) is 19.0. The third-order valence-corrected chi connectivity index (χ3v) is 5.74. The second-order valence-electron chi connectivity index (χ2n) is 7.53. The number of carbonyl (C=O) groups excluding carboxylic acids is 1. The van der Waals surface area contributed by atoms with Crippen molar-refractivity contribution in [3.8, 4) is 5.75 Å². The van der Waals surface area contributed by atoms with Crippen LogP contribution in [0.5, 0.6) is 5.75 Å². The molecule has 2 aromatic heterocycles. The Hall–Kier alpha value is -2.45. The van der Waals surface area contributed by atoms with Gasteiger partial charge in [0.2, 0.25) is 5.91 Å². The van der Waals surface area contributed by atoms with Crippen molar-refractivity contribution in [1.82, 2.24) is 19.2 Å². The van der Waals surface area contributed by atoms with Crippen LogP contribution in [0.15, 0.2) is 29.2 Å². The number of fused-ring (bicyclic) bond motifs is 1. The summed E-state index contributed by atoms with van der Waals surface area (Å²) in [5.41, 5.74) is 0.218. The summed E-state index contributed by atoms with van der Waals surface area (Å²) in [7, 11) is 0. The van der Waals surface area contributed by atoms with Crippen molar-refractivity contribution in [3.05, 3.63) is 40.4 Å². The molecule has 1 atom stereocenters. The Bertz CT molecular complexity index is 926. The van der Waals surface area contributed by atoms with Crippen molar-refractivity contribution in [2.45, 2.75) is 25.8 Å². The third-order valence-electron chi connectivity index (χ3n) is 5.74. The Morgan fingerprint density at radius 2 is 2.07 bits per heavy atom. The number of carbonyl (C=O) groups is 1. The van der Waals surface area contributed by atoms with E-state index < -0.39 is 0 Å². The number of aromatic hydroxyl groups is 1. The summed E-state index contributed by atoms with van der Waals surface area (Å²) in [5.74, 6) is 0.103. The number of β-amino-alcohol motifs (C(OH)–C–C–N with tert-alkyl or cyclic N) is 1. The molecule has 1 spiro atoms. The van der Waals surface area contributed by atoms with E-state index in [0.29, 0.717) is 31.9 Å². The van der Waals surface area contributed by atoms with E-state index in [1.165, 1.54) is 16.5 Å². The molecule has 2 aliphatic rings. The minimum atomic E-state index is -0.387. The SMILES string of the molecule is O=C1N(CCO)CCC[C@@]12CCN(Cc1cc(=O)n3cccc(O)c3n1)C2. The van der Waals surface area contributed by atoms with Crippen molar-refractivity contribution in [1.29, 1.82) is 0 Å². The van der Waals surface area contributed by atoms with Crippen LogP contribution in [-0.2, 0) is 11.3 Å². The fraction of sp³-hybridized carbons (Fsp3) is 0.526. The van der Waals surface area contributed by atoms with Gasteiger partial charge in [0.1, 0.15) is 0 Å². The summed E-state index contributed by atoms with van der Waals surface area (Å²) in [5, 5.41) is 19.2. The smallest absolute Gasteiger partial charge is 0.258 e. The van der Waals surface area contributed by atoms with Crippen LogP contribution in [0.4, 0.5) is 0 Å². The number of aromatic nitrogens is 2. The highest BCUT2D eigenvalue weighted by Crippen LogP contribution is 2.40. The minimum Gasteiger partial charge on any atom is -0.504 e. The molecule has 2 N–H and O–H groups in total. The average Bonchev–Trinajstić information content (AvgIpc) is 3.04. The number of hydrogen-bond acceptors (Lipinski definition) is 6. The van der Waals surface area contributed by atoms with E-state index in [1.54, 1.807) is 17.2 Å². The number of hydrogen-bond donors (Lipinski definition) is 2. The van der Waals surface area contributed by atoms with E-state index in [4.69, 9.17) is 0 Å². The van der Waals surface area contributed by atoms with Crippen LogP contribution in [0, 0.1) is 5.41 Å². The topological polar surface area (TPSA) is 98.4 Å². The van der Waals surface area contributed by atoms with Gasteiger partial charge in [0.15, 0.2) is 11.4 Å². The van der Waals surface area contributed by atoms with E-state index in [9.17, 15) is 19.8 Å². The highest BCUT2D eigenvalue weighted by Gasteiger charge is 2.48. The van der Waals surface area contributed by atoms with Crippen molar-refractivity contribution in [3.63, 3.8) is 0 Å². The van der Waals surface area contributed by atoms with Gasteiger partial charge >= 0.3 is 0 Å². The molecule has 27 heavy (non-hydrogen) atoms. The zero-order valence-electron chi connectivity index (χ0n) is 15.2. The molecular formula is C19H24N4O4. The number of pyridine rings is 1. The molecule has 0 saturated carbocycles. The Kier molecular flexibility index (Phi) is 4.61. The van der Waals surface area contributed by atoms with E-state index in [0.717, 1.165) is 25.8 Å². The standard InChI is InChI=1S/C19H24N4O4/c24-10-9-22-6-2-4-19(18(22)27)5-8-21(13-19)12-14-11-16(26)23-7-1-3-15(25)17(23)20-14/h1,3,7,11,24-25H,2,4-6,8-10,12-13H2/t19-/m0/s1. The lowest BCUT2D eigenvalue weighted by Crippen LogP contribution is -2.50. The summed E-state index contributed by atoms with van der Waals surface area (Å²) in [6.07, 6.45) is 4.17. The van der Waals surface area contributed by atoms with E-state index >= 15 is 0 Å². The van der Waals surface area contributed by atoms with Gasteiger partial charge in [-0.2, -0.15) is 0 Å². The predicted molar refractivity (Wildman–Crippen MR) is 98.4 cm³/mol. The average molecular weight is 372 g/mol. The van der Waals surface area contributed by atoms with Gasteiger partial charge in [0.05, 0.1) is 17.7 Å². The normalized spacial score (nSPS) is 23.6. The second kappa shape index (κ2) is 6.94. The monoisotopic (exact) mass is 372 g/mol. The van der Waals surface area contributed by atoms with Gasteiger partial charge in [-0.25, -0.2) is 4.98 Å². The van der Waals surface area contributed by atoms with Gasteiger partial charge in [-0.3, -0.25) is 18.9 Å². The quantitative estimate of drug-likeness (QED) is 0.796. The second-order valence-corrected chi connectivity index (χ2v) is 7.53. The molecule has 0 aliphatic carbocycles. The predicted octanol–water partition coefficient (Wildman–Crippen LogP) is 0.207. The van der Waals surface area contributed by atoms with E-state index in [1.807, 2.05) is 0 Å². The number of amides is 1. The maximum Gasteiger partial charge on any atom is 0.258 e. The molecule has 8 heteroatoms. The summed E-state index contributed by atoms with van der Waals surface area (Å²) in [4.78, 5) is 33.6. The Morgan fingerprint density at radius 1 is 1.22 bits per heavy atom. The van der Waals surface area contributed by atoms with Crippen LogP contribution in [-0.4, -0.2) is 68.1 Å². The maximum absolute atomic E-state index is 12.9. The Labute approximate surface area is 156 Å². The van der Waals surface area contributed by atoms with Crippen molar-refractivity contribution >= 4 is 11.6 Å². The Morgan fingerprint density at radius 3 is 2.89 bits per heavy atom. The maximum atomic E-state index is 12.9. The summed E-state index contributed by atoms with van der Waals surface area (Å²) in [6, 6.07) is 4.59. The molecule has 2 saturated heterocycles. The highest BCUT2D eigenvalue weighted by molar-refractivity contribution is 5.84. The lowest BCUT2D eigenvalue weighted by atomic mass is 9.78. The number of piperidine rings is 1. The van der Waals surface area contributed by atoms with Gasteiger partial charge in [-0.15, -0.1) is 0 Å². The molecule has 4 rings (SSSR count). The van der Waals surface area contributed by atoms with Crippen LogP contribution in [0.1, 0.15) is 25.0 Å². The fourth-order valence-electron chi connectivity index (χ4n) is 4.43. The number of aliphatic hydroxyl groups is 1. The van der Waals surface area contributed by atoms with Gasteiger partial charge in [0, 0.05) is 38.4 Å². The first-order valence-corrected chi connectivity index (χ1v) is 9.35. The lowest BCUT2D eigenvalue weighted by Gasteiger charge is -2.39. The summed E-state index contributed by atoms with van der Waals surface area (Å²) < 4.78 is 1.32. The fourth-order valence-corrected chi connectivity index (χ4v) is 4.43. The molecule has 4 heterocycles. The van der Waals surface area contributed by atoms with Crippen LogP contribution in [0.2, 0.25) is 0 Å². The molecule has 8 nitrogen and oxygen atoms in total. The van der Waals surface area contributed by atoms with Gasteiger partial charge in [-0.05, 0) is 37.9 Å². The molecule has 1 amide bonds. The number of rotatable bonds is 4. The molecule has 0 unspecified atom stereocenters. The molecule has 0 aromatic carbocycles. The largest absolute Gasteiger partial charge is 0.504 e. The van der Waals surface area contributed by atoms with Crippen LogP contribution < -0.4 is 5.56 Å². The first-order chi connectivity index (χ1) is 13.0. The Balaban J connectivity index is 1.53. The van der Waals surface area contributed by atoms with Crippen LogP contribution in [0.3, 0.4) is 0 Å². The number of nitrogens with zero attached hydrogens (tertiary/aromatic N) is 4. The van der Waals surface area contributed by atoms with E-state index in [-0.39, 0.29) is 34.9 Å². The van der Waals surface area contributed by atoms with Gasteiger partial charge in [-0.1, -0.05) is 0 Å². The molecule has 2 aromatic rings. The van der Waals surface area contributed by atoms with Crippen molar-refractivity contribution in [2.75, 3.05) is 32.8 Å². The number of likely N-dealkylation sites (tertiary alicyclic amines) is 2. The molecule has 0 radical (unpaired) electrons. The minimum absolute atomic E-state index is 0.0139.